The Kier molecular flexibility index (Phi) is 6.49. The van der Waals surface area contributed by atoms with Crippen LogP contribution in [0.4, 0.5) is 5.69 Å². The van der Waals surface area contributed by atoms with Crippen molar-refractivity contribution in [1.82, 2.24) is 5.32 Å². The highest BCUT2D eigenvalue weighted by molar-refractivity contribution is 6.33. The van der Waals surface area contributed by atoms with Crippen LogP contribution in [0.1, 0.15) is 10.4 Å². The lowest BCUT2D eigenvalue weighted by Gasteiger charge is -2.08. The van der Waals surface area contributed by atoms with Crippen LogP contribution in [0.25, 0.3) is 0 Å². The van der Waals surface area contributed by atoms with Crippen molar-refractivity contribution < 1.29 is 14.3 Å². The van der Waals surface area contributed by atoms with Crippen molar-refractivity contribution >= 4 is 23.2 Å². The number of hydrogen-bond acceptors (Lipinski definition) is 4. The third kappa shape index (κ3) is 4.52. The highest BCUT2D eigenvalue weighted by Gasteiger charge is 2.10. The summed E-state index contributed by atoms with van der Waals surface area (Å²) in [7, 11) is 1.60. The van der Waals surface area contributed by atoms with Gasteiger partial charge in [0, 0.05) is 13.7 Å². The Bertz CT molecular complexity index is 399. The predicted molar refractivity (Wildman–Crippen MR) is 70.9 cm³/mol. The van der Waals surface area contributed by atoms with Gasteiger partial charge in [-0.2, -0.15) is 0 Å². The minimum absolute atomic E-state index is 0.259. The van der Waals surface area contributed by atoms with Crippen molar-refractivity contribution in [2.45, 2.75) is 0 Å². The first kappa shape index (κ1) is 14.8. The molecule has 0 fully saturated rings. The number of ether oxygens (including phenoxy) is 2. The first-order valence-corrected chi connectivity index (χ1v) is 5.93. The Balaban J connectivity index is 2.35. The van der Waals surface area contributed by atoms with Gasteiger partial charge in [0.05, 0.1) is 36.1 Å². The maximum atomic E-state index is 11.8. The van der Waals surface area contributed by atoms with Gasteiger partial charge >= 0.3 is 0 Å². The number of benzene rings is 1. The summed E-state index contributed by atoms with van der Waals surface area (Å²) in [5.41, 5.74) is 6.38. The zero-order chi connectivity index (χ0) is 13.4. The molecule has 0 saturated heterocycles. The average Bonchev–Trinajstić information content (AvgIpc) is 2.36. The first-order chi connectivity index (χ1) is 8.66. The summed E-state index contributed by atoms with van der Waals surface area (Å²) < 4.78 is 10.0. The van der Waals surface area contributed by atoms with Crippen LogP contribution in [0.2, 0.25) is 5.02 Å². The Labute approximate surface area is 111 Å². The highest BCUT2D eigenvalue weighted by Crippen LogP contribution is 2.21. The van der Waals surface area contributed by atoms with E-state index in [4.69, 9.17) is 26.8 Å². The molecule has 0 saturated carbocycles. The van der Waals surface area contributed by atoms with E-state index in [0.29, 0.717) is 37.0 Å². The summed E-state index contributed by atoms with van der Waals surface area (Å²) in [5.74, 6) is -0.259. The summed E-state index contributed by atoms with van der Waals surface area (Å²) in [6, 6.07) is 4.95. The molecular weight excluding hydrogens is 256 g/mol. The van der Waals surface area contributed by atoms with Crippen molar-refractivity contribution in [1.29, 1.82) is 0 Å². The average molecular weight is 273 g/mol. The van der Waals surface area contributed by atoms with Gasteiger partial charge in [0.1, 0.15) is 0 Å². The number of rotatable bonds is 7. The number of methoxy groups -OCH3 is 1. The van der Waals surface area contributed by atoms with Crippen molar-refractivity contribution in [2.24, 2.45) is 0 Å². The van der Waals surface area contributed by atoms with E-state index >= 15 is 0 Å². The quantitative estimate of drug-likeness (QED) is 0.580. The number of para-hydroxylation sites is 1. The van der Waals surface area contributed by atoms with Gasteiger partial charge in [0.2, 0.25) is 0 Å². The second-order valence-electron chi connectivity index (χ2n) is 3.56. The van der Waals surface area contributed by atoms with Gasteiger partial charge in [-0.3, -0.25) is 4.79 Å². The normalized spacial score (nSPS) is 10.3. The van der Waals surface area contributed by atoms with Crippen LogP contribution in [-0.2, 0) is 9.47 Å². The third-order valence-electron chi connectivity index (χ3n) is 2.26. The fraction of sp³-hybridized carbons (Fsp3) is 0.417. The lowest BCUT2D eigenvalue weighted by Crippen LogP contribution is -2.28. The van der Waals surface area contributed by atoms with Crippen LogP contribution in [0.15, 0.2) is 18.2 Å². The van der Waals surface area contributed by atoms with E-state index in [0.717, 1.165) is 0 Å². The number of carbonyl (C=O) groups is 1. The van der Waals surface area contributed by atoms with Crippen LogP contribution in [-0.4, -0.2) is 39.4 Å². The number of nitrogen functional groups attached to an aromatic ring is 1. The molecule has 0 atom stereocenters. The summed E-state index contributed by atoms with van der Waals surface area (Å²) in [6.45, 7) is 1.88. The van der Waals surface area contributed by atoms with Gasteiger partial charge in [0.15, 0.2) is 0 Å². The molecule has 0 radical (unpaired) electrons. The van der Waals surface area contributed by atoms with Gasteiger partial charge < -0.3 is 20.5 Å². The Hall–Kier alpha value is -1.30. The smallest absolute Gasteiger partial charge is 0.253 e. The largest absolute Gasteiger partial charge is 0.397 e. The Morgan fingerprint density at radius 3 is 2.89 bits per heavy atom. The second-order valence-corrected chi connectivity index (χ2v) is 3.97. The van der Waals surface area contributed by atoms with Crippen LogP contribution in [0, 0.1) is 0 Å². The van der Waals surface area contributed by atoms with E-state index in [1.54, 1.807) is 25.3 Å². The molecule has 6 heteroatoms. The van der Waals surface area contributed by atoms with E-state index in [-0.39, 0.29) is 11.6 Å². The van der Waals surface area contributed by atoms with Crippen LogP contribution in [0.5, 0.6) is 0 Å². The van der Waals surface area contributed by atoms with Gasteiger partial charge in [-0.25, -0.2) is 0 Å². The van der Waals surface area contributed by atoms with Crippen LogP contribution in [0.3, 0.4) is 0 Å². The summed E-state index contributed by atoms with van der Waals surface area (Å²) >= 11 is 5.83. The lowest BCUT2D eigenvalue weighted by molar-refractivity contribution is 0.0693. The molecule has 5 nitrogen and oxygen atoms in total. The van der Waals surface area contributed by atoms with Crippen molar-refractivity contribution in [3.63, 3.8) is 0 Å². The lowest BCUT2D eigenvalue weighted by atomic mass is 10.1. The number of carbonyl (C=O) groups excluding carboxylic acids is 1. The number of amides is 1. The van der Waals surface area contributed by atoms with Crippen molar-refractivity contribution in [2.75, 3.05) is 39.2 Å². The zero-order valence-electron chi connectivity index (χ0n) is 10.2. The SMILES string of the molecule is COCCOCCNC(=O)c1cccc(Cl)c1N. The van der Waals surface area contributed by atoms with Crippen molar-refractivity contribution in [3.05, 3.63) is 28.8 Å². The topological polar surface area (TPSA) is 73.6 Å². The predicted octanol–water partition coefficient (Wildman–Crippen LogP) is 1.31. The van der Waals surface area contributed by atoms with E-state index in [1.807, 2.05) is 0 Å². The van der Waals surface area contributed by atoms with E-state index in [9.17, 15) is 4.79 Å². The molecule has 0 aromatic heterocycles. The Morgan fingerprint density at radius 2 is 2.17 bits per heavy atom. The minimum Gasteiger partial charge on any atom is -0.397 e. The standard InChI is InChI=1S/C12H17ClN2O3/c1-17-7-8-18-6-5-15-12(16)9-3-2-4-10(13)11(9)14/h2-4H,5-8,14H2,1H3,(H,15,16). The van der Waals surface area contributed by atoms with Crippen LogP contribution < -0.4 is 11.1 Å². The van der Waals surface area contributed by atoms with E-state index < -0.39 is 0 Å². The number of nitrogens with two attached hydrogens (primary N) is 1. The first-order valence-electron chi connectivity index (χ1n) is 5.55. The number of nitrogens with one attached hydrogen (secondary N) is 1. The molecular formula is C12H17ClN2O3. The van der Waals surface area contributed by atoms with Gasteiger partial charge in [-0.15, -0.1) is 0 Å². The maximum absolute atomic E-state index is 11.8. The third-order valence-corrected chi connectivity index (χ3v) is 2.59. The molecule has 0 aliphatic rings. The molecule has 1 aromatic rings. The molecule has 1 rings (SSSR count). The second kappa shape index (κ2) is 7.92. The minimum atomic E-state index is -0.259. The van der Waals surface area contributed by atoms with Crippen LogP contribution >= 0.6 is 11.6 Å². The molecule has 0 heterocycles. The van der Waals surface area contributed by atoms with Crippen molar-refractivity contribution in [3.8, 4) is 0 Å². The zero-order valence-corrected chi connectivity index (χ0v) is 11.0. The molecule has 0 spiro atoms. The molecule has 0 unspecified atom stereocenters. The molecule has 0 aliphatic heterocycles. The molecule has 3 N–H and O–H groups in total. The van der Waals surface area contributed by atoms with E-state index in [2.05, 4.69) is 5.32 Å². The number of hydrogen-bond donors (Lipinski definition) is 2. The monoisotopic (exact) mass is 272 g/mol. The molecule has 1 amide bonds. The molecule has 1 aromatic carbocycles. The number of anilines is 1. The van der Waals surface area contributed by atoms with E-state index in [1.165, 1.54) is 0 Å². The van der Waals surface area contributed by atoms with Gasteiger partial charge in [0.25, 0.3) is 5.91 Å². The van der Waals surface area contributed by atoms with Gasteiger partial charge in [-0.1, -0.05) is 17.7 Å². The molecule has 100 valence electrons. The van der Waals surface area contributed by atoms with Gasteiger partial charge in [-0.05, 0) is 12.1 Å². The fourth-order valence-electron chi connectivity index (χ4n) is 1.31. The summed E-state index contributed by atoms with van der Waals surface area (Å²) in [6.07, 6.45) is 0. The molecule has 18 heavy (non-hydrogen) atoms. The Morgan fingerprint density at radius 1 is 1.39 bits per heavy atom. The molecule has 0 aliphatic carbocycles. The number of halogens is 1. The summed E-state index contributed by atoms with van der Waals surface area (Å²) in [4.78, 5) is 11.8. The maximum Gasteiger partial charge on any atom is 0.253 e. The fourth-order valence-corrected chi connectivity index (χ4v) is 1.49. The highest BCUT2D eigenvalue weighted by atomic mass is 35.5. The molecule has 0 bridgehead atoms. The summed E-state index contributed by atoms with van der Waals surface area (Å²) in [5, 5.41) is 3.07.